The van der Waals surface area contributed by atoms with E-state index in [4.69, 9.17) is 4.52 Å². The lowest BCUT2D eigenvalue weighted by molar-refractivity contribution is -0.132. The van der Waals surface area contributed by atoms with Crippen molar-refractivity contribution in [3.05, 3.63) is 29.7 Å². The number of likely N-dealkylation sites (tertiary alicyclic amines) is 1. The summed E-state index contributed by atoms with van der Waals surface area (Å²) in [6.07, 6.45) is 3.92. The van der Waals surface area contributed by atoms with E-state index in [1.54, 1.807) is 30.8 Å². The van der Waals surface area contributed by atoms with Crippen molar-refractivity contribution in [3.8, 4) is 0 Å². The Morgan fingerprint density at radius 1 is 1.41 bits per heavy atom. The van der Waals surface area contributed by atoms with E-state index in [0.717, 1.165) is 12.8 Å². The Hall–Kier alpha value is -2.71. The summed E-state index contributed by atoms with van der Waals surface area (Å²) >= 11 is 0. The first kappa shape index (κ1) is 19.1. The van der Waals surface area contributed by atoms with Crippen molar-refractivity contribution in [1.29, 1.82) is 0 Å². The molecule has 0 radical (unpaired) electrons. The maximum atomic E-state index is 12.9. The first-order valence-corrected chi connectivity index (χ1v) is 9.37. The summed E-state index contributed by atoms with van der Waals surface area (Å²) in [5.74, 6) is 1.07. The zero-order valence-electron chi connectivity index (χ0n) is 16.1. The summed E-state index contributed by atoms with van der Waals surface area (Å²) in [6.45, 7) is 7.64. The molecule has 1 atom stereocenters. The summed E-state index contributed by atoms with van der Waals surface area (Å²) in [5, 5.41) is 8.07. The van der Waals surface area contributed by atoms with Crippen LogP contribution in [-0.2, 0) is 17.8 Å². The van der Waals surface area contributed by atoms with E-state index < -0.39 is 0 Å². The normalized spacial score (nSPS) is 17.1. The third-order valence-corrected chi connectivity index (χ3v) is 4.91. The topological polar surface area (TPSA) is 97.4 Å². The summed E-state index contributed by atoms with van der Waals surface area (Å²) in [6, 6.07) is 1.74. The van der Waals surface area contributed by atoms with Gasteiger partial charge in [0, 0.05) is 58.7 Å². The molecule has 1 saturated heterocycles. The number of aryl methyl sites for hydroxylation is 2. The van der Waals surface area contributed by atoms with Gasteiger partial charge in [-0.05, 0) is 25.8 Å². The lowest BCUT2D eigenvalue weighted by atomic mass is 10.0. The molecule has 0 N–H and O–H groups in total. The van der Waals surface area contributed by atoms with Crippen LogP contribution in [0.15, 0.2) is 16.8 Å². The highest BCUT2D eigenvalue weighted by molar-refractivity contribution is 5.92. The molecule has 2 amide bonds. The van der Waals surface area contributed by atoms with E-state index in [2.05, 4.69) is 15.2 Å². The zero-order valence-corrected chi connectivity index (χ0v) is 16.1. The van der Waals surface area contributed by atoms with Crippen LogP contribution in [0.25, 0.3) is 0 Å². The SMILES string of the molecule is CCn1nccc1C(=O)N1CCCC(N(CCc2noc(C)n2)C(C)=O)C1. The molecule has 2 aromatic rings. The third-order valence-electron chi connectivity index (χ3n) is 4.91. The van der Waals surface area contributed by atoms with Gasteiger partial charge in [0.15, 0.2) is 5.82 Å². The molecule has 0 aliphatic carbocycles. The fourth-order valence-electron chi connectivity index (χ4n) is 3.58. The first-order valence-electron chi connectivity index (χ1n) is 9.37. The minimum atomic E-state index is -0.0312. The van der Waals surface area contributed by atoms with Crippen molar-refractivity contribution < 1.29 is 14.1 Å². The van der Waals surface area contributed by atoms with Crippen LogP contribution in [0.3, 0.4) is 0 Å². The van der Waals surface area contributed by atoms with Crippen LogP contribution >= 0.6 is 0 Å². The van der Waals surface area contributed by atoms with Crippen molar-refractivity contribution in [2.75, 3.05) is 19.6 Å². The minimum absolute atomic E-state index is 0.00637. The highest BCUT2D eigenvalue weighted by Crippen LogP contribution is 2.19. The maximum Gasteiger partial charge on any atom is 0.272 e. The number of hydrogen-bond donors (Lipinski definition) is 0. The number of hydrogen-bond acceptors (Lipinski definition) is 6. The summed E-state index contributed by atoms with van der Waals surface area (Å²) in [4.78, 5) is 32.9. The first-order chi connectivity index (χ1) is 13.0. The molecule has 3 heterocycles. The number of nitrogens with zero attached hydrogens (tertiary/aromatic N) is 6. The Morgan fingerprint density at radius 2 is 2.22 bits per heavy atom. The van der Waals surface area contributed by atoms with E-state index in [1.807, 2.05) is 16.7 Å². The molecule has 0 saturated carbocycles. The van der Waals surface area contributed by atoms with Gasteiger partial charge in [-0.2, -0.15) is 10.1 Å². The van der Waals surface area contributed by atoms with Crippen LogP contribution in [0, 0.1) is 6.92 Å². The van der Waals surface area contributed by atoms with Crippen LogP contribution in [0.4, 0.5) is 0 Å². The number of carbonyl (C=O) groups excluding carboxylic acids is 2. The summed E-state index contributed by atoms with van der Waals surface area (Å²) in [7, 11) is 0. The van der Waals surface area contributed by atoms with Gasteiger partial charge in [-0.1, -0.05) is 5.16 Å². The Morgan fingerprint density at radius 3 is 2.89 bits per heavy atom. The van der Waals surface area contributed by atoms with E-state index in [0.29, 0.717) is 50.0 Å². The molecule has 27 heavy (non-hydrogen) atoms. The largest absolute Gasteiger partial charge is 0.340 e. The molecule has 9 nitrogen and oxygen atoms in total. The number of piperidine rings is 1. The molecule has 1 aliphatic heterocycles. The standard InChI is InChI=1S/C18H26N6O3/c1-4-24-16(7-9-19-24)18(26)22-10-5-6-15(12-22)23(14(3)25)11-8-17-20-13(2)27-21-17/h7,9,15H,4-6,8,10-12H2,1-3H3. The second-order valence-electron chi connectivity index (χ2n) is 6.77. The zero-order chi connectivity index (χ0) is 19.4. The Bertz CT molecular complexity index is 799. The molecule has 1 unspecified atom stereocenters. The van der Waals surface area contributed by atoms with Crippen molar-refractivity contribution in [2.24, 2.45) is 0 Å². The van der Waals surface area contributed by atoms with Crippen LogP contribution in [0.5, 0.6) is 0 Å². The van der Waals surface area contributed by atoms with Gasteiger partial charge in [-0.25, -0.2) is 0 Å². The van der Waals surface area contributed by atoms with Crippen LogP contribution in [-0.4, -0.2) is 67.2 Å². The average molecular weight is 374 g/mol. The lowest BCUT2D eigenvalue weighted by Gasteiger charge is -2.39. The highest BCUT2D eigenvalue weighted by Gasteiger charge is 2.30. The lowest BCUT2D eigenvalue weighted by Crippen LogP contribution is -2.52. The fourth-order valence-corrected chi connectivity index (χ4v) is 3.58. The average Bonchev–Trinajstić information content (AvgIpc) is 3.30. The molecule has 1 fully saturated rings. The van der Waals surface area contributed by atoms with Crippen LogP contribution in [0.2, 0.25) is 0 Å². The van der Waals surface area contributed by atoms with Gasteiger partial charge in [-0.15, -0.1) is 0 Å². The second-order valence-corrected chi connectivity index (χ2v) is 6.77. The van der Waals surface area contributed by atoms with Gasteiger partial charge in [0.2, 0.25) is 11.8 Å². The second kappa shape index (κ2) is 8.32. The van der Waals surface area contributed by atoms with E-state index in [1.165, 1.54) is 0 Å². The number of amides is 2. The molecule has 3 rings (SSSR count). The third kappa shape index (κ3) is 4.35. The Kier molecular flexibility index (Phi) is 5.88. The fraction of sp³-hybridized carbons (Fsp3) is 0.611. The molecular formula is C18H26N6O3. The van der Waals surface area contributed by atoms with Crippen molar-refractivity contribution in [1.82, 2.24) is 29.7 Å². The number of carbonyl (C=O) groups is 2. The predicted molar refractivity (Wildman–Crippen MR) is 97.0 cm³/mol. The molecule has 1 aliphatic rings. The predicted octanol–water partition coefficient (Wildman–Crippen LogP) is 1.29. The Balaban J connectivity index is 1.67. The highest BCUT2D eigenvalue weighted by atomic mass is 16.5. The van der Waals surface area contributed by atoms with Gasteiger partial charge in [0.25, 0.3) is 5.91 Å². The molecule has 0 aromatic carbocycles. The van der Waals surface area contributed by atoms with Crippen LogP contribution < -0.4 is 0 Å². The van der Waals surface area contributed by atoms with Gasteiger partial charge in [-0.3, -0.25) is 14.3 Å². The smallest absolute Gasteiger partial charge is 0.272 e. The molecular weight excluding hydrogens is 348 g/mol. The summed E-state index contributed by atoms with van der Waals surface area (Å²) in [5.41, 5.74) is 0.592. The van der Waals surface area contributed by atoms with Crippen molar-refractivity contribution in [3.63, 3.8) is 0 Å². The Labute approximate surface area is 158 Å². The number of aromatic nitrogens is 4. The van der Waals surface area contributed by atoms with E-state index in [9.17, 15) is 9.59 Å². The molecule has 0 bridgehead atoms. The quantitative estimate of drug-likeness (QED) is 0.756. The maximum absolute atomic E-state index is 12.9. The monoisotopic (exact) mass is 374 g/mol. The van der Waals surface area contributed by atoms with E-state index in [-0.39, 0.29) is 17.9 Å². The summed E-state index contributed by atoms with van der Waals surface area (Å²) < 4.78 is 6.69. The molecule has 146 valence electrons. The minimum Gasteiger partial charge on any atom is -0.340 e. The molecule has 9 heteroatoms. The van der Waals surface area contributed by atoms with Gasteiger partial charge in [0.05, 0.1) is 0 Å². The van der Waals surface area contributed by atoms with Gasteiger partial charge < -0.3 is 14.3 Å². The molecule has 0 spiro atoms. The van der Waals surface area contributed by atoms with Gasteiger partial charge in [0.1, 0.15) is 5.69 Å². The van der Waals surface area contributed by atoms with Gasteiger partial charge >= 0.3 is 0 Å². The van der Waals surface area contributed by atoms with E-state index >= 15 is 0 Å². The number of rotatable bonds is 6. The van der Waals surface area contributed by atoms with Crippen molar-refractivity contribution in [2.45, 2.75) is 52.6 Å². The molecule has 2 aromatic heterocycles. The van der Waals surface area contributed by atoms with Crippen LogP contribution in [0.1, 0.15) is 48.9 Å². The van der Waals surface area contributed by atoms with Crippen molar-refractivity contribution >= 4 is 11.8 Å².